The maximum absolute atomic E-state index is 13.6. The number of benzene rings is 1. The van der Waals surface area contributed by atoms with Crippen LogP contribution >= 0.6 is 0 Å². The van der Waals surface area contributed by atoms with Gasteiger partial charge < -0.3 is 10.6 Å². The fourth-order valence-corrected chi connectivity index (χ4v) is 3.95. The van der Waals surface area contributed by atoms with Crippen LogP contribution in [-0.2, 0) is 11.0 Å². The highest BCUT2D eigenvalue weighted by Crippen LogP contribution is 2.42. The molecule has 1 amide bonds. The van der Waals surface area contributed by atoms with Crippen molar-refractivity contribution in [3.63, 3.8) is 0 Å². The Balaban J connectivity index is 1.92. The molecule has 0 bridgehead atoms. The van der Waals surface area contributed by atoms with Crippen LogP contribution in [0.2, 0.25) is 0 Å². The van der Waals surface area contributed by atoms with E-state index in [9.17, 15) is 31.1 Å². The lowest BCUT2D eigenvalue weighted by molar-refractivity contribution is -0.156. The first-order chi connectivity index (χ1) is 13.4. The van der Waals surface area contributed by atoms with Crippen LogP contribution in [0, 0.1) is 11.3 Å². The van der Waals surface area contributed by atoms with Crippen LogP contribution in [0.15, 0.2) is 18.2 Å². The quantitative estimate of drug-likeness (QED) is 0.721. The molecule has 4 atom stereocenters. The number of halogens is 6. The van der Waals surface area contributed by atoms with Gasteiger partial charge in [-0.2, -0.15) is 31.6 Å². The summed E-state index contributed by atoms with van der Waals surface area (Å²) in [6.45, 7) is 0.558. The van der Waals surface area contributed by atoms with Crippen molar-refractivity contribution in [3.8, 4) is 6.07 Å². The predicted octanol–water partition coefficient (Wildman–Crippen LogP) is 2.51. The molecule has 11 heteroatoms. The summed E-state index contributed by atoms with van der Waals surface area (Å²) in [6, 6.07) is 0.308. The van der Waals surface area contributed by atoms with Crippen molar-refractivity contribution in [1.82, 2.24) is 10.2 Å². The van der Waals surface area contributed by atoms with Gasteiger partial charge in [0.15, 0.2) is 0 Å². The third-order valence-electron chi connectivity index (χ3n) is 5.36. The Labute approximate surface area is 162 Å². The number of nitriles is 1. The lowest BCUT2D eigenvalue weighted by Gasteiger charge is -2.23. The molecule has 5 nitrogen and oxygen atoms in total. The van der Waals surface area contributed by atoms with Gasteiger partial charge in [0.2, 0.25) is 5.91 Å². The van der Waals surface area contributed by atoms with Gasteiger partial charge >= 0.3 is 12.4 Å². The van der Waals surface area contributed by atoms with Crippen molar-refractivity contribution in [2.24, 2.45) is 5.73 Å². The highest BCUT2D eigenvalue weighted by molar-refractivity contribution is 5.83. The van der Waals surface area contributed by atoms with E-state index in [-0.39, 0.29) is 24.6 Å². The molecule has 1 unspecified atom stereocenters. The van der Waals surface area contributed by atoms with Crippen LogP contribution in [0.3, 0.4) is 0 Å². The molecule has 29 heavy (non-hydrogen) atoms. The maximum atomic E-state index is 13.6. The molecule has 2 aliphatic rings. The van der Waals surface area contributed by atoms with E-state index in [1.807, 2.05) is 0 Å². The van der Waals surface area contributed by atoms with Gasteiger partial charge in [0, 0.05) is 25.0 Å². The fourth-order valence-electron chi connectivity index (χ4n) is 3.95. The minimum atomic E-state index is -4.89. The second kappa shape index (κ2) is 7.50. The van der Waals surface area contributed by atoms with Gasteiger partial charge in [-0.1, -0.05) is 6.07 Å². The smallest absolute Gasteiger partial charge is 0.340 e. The molecule has 0 saturated carbocycles. The molecule has 0 radical (unpaired) electrons. The zero-order valence-electron chi connectivity index (χ0n) is 15.0. The number of nitrogens with one attached hydrogen (secondary N) is 1. The van der Waals surface area contributed by atoms with Gasteiger partial charge in [0.25, 0.3) is 0 Å². The van der Waals surface area contributed by atoms with E-state index in [1.165, 1.54) is 11.0 Å². The third-order valence-corrected chi connectivity index (χ3v) is 5.36. The Morgan fingerprint density at radius 1 is 1.24 bits per heavy atom. The second-order valence-corrected chi connectivity index (χ2v) is 7.33. The highest BCUT2D eigenvalue weighted by Gasteiger charge is 2.53. The van der Waals surface area contributed by atoms with E-state index in [0.717, 1.165) is 12.1 Å². The van der Waals surface area contributed by atoms with Crippen molar-refractivity contribution >= 4 is 5.91 Å². The van der Waals surface area contributed by atoms with Gasteiger partial charge in [-0.3, -0.25) is 10.1 Å². The summed E-state index contributed by atoms with van der Waals surface area (Å²) in [6.07, 6.45) is -9.43. The molecule has 2 heterocycles. The van der Waals surface area contributed by atoms with E-state index in [2.05, 4.69) is 5.32 Å². The maximum Gasteiger partial charge on any atom is 0.417 e. The molecule has 3 N–H and O–H groups in total. The largest absolute Gasteiger partial charge is 0.417 e. The first-order valence-electron chi connectivity index (χ1n) is 8.90. The highest BCUT2D eigenvalue weighted by atomic mass is 19.4. The molecule has 0 spiro atoms. The molecule has 3 rings (SSSR count). The average molecular weight is 420 g/mol. The summed E-state index contributed by atoms with van der Waals surface area (Å²) in [4.78, 5) is 14.0. The van der Waals surface area contributed by atoms with Crippen LogP contribution in [0.25, 0.3) is 0 Å². The molecule has 158 valence electrons. The van der Waals surface area contributed by atoms with E-state index < -0.39 is 47.4 Å². The number of hydrogen-bond donors (Lipinski definition) is 2. The summed E-state index contributed by atoms with van der Waals surface area (Å²) in [5, 5.41) is 11.1. The van der Waals surface area contributed by atoms with Gasteiger partial charge in [0.1, 0.15) is 6.04 Å². The molecule has 2 aliphatic heterocycles. The van der Waals surface area contributed by atoms with Crippen molar-refractivity contribution in [2.75, 3.05) is 13.1 Å². The minimum absolute atomic E-state index is 0.223. The SMILES string of the molecule is N#Cc1ccc(C2C[C@@H](C(=O)N3CC[C@@H](N)C3)N[C@H]2C(F)(F)F)cc1C(F)(F)F. The lowest BCUT2D eigenvalue weighted by atomic mass is 9.88. The van der Waals surface area contributed by atoms with Crippen molar-refractivity contribution in [1.29, 1.82) is 5.26 Å². The third kappa shape index (κ3) is 4.33. The molecule has 2 fully saturated rings. The van der Waals surface area contributed by atoms with Gasteiger partial charge in [0.05, 0.1) is 23.2 Å². The van der Waals surface area contributed by atoms with E-state index in [4.69, 9.17) is 11.0 Å². The normalized spacial score (nSPS) is 27.9. The number of carbonyl (C=O) groups is 1. The monoisotopic (exact) mass is 420 g/mol. The number of nitrogens with two attached hydrogens (primary N) is 1. The van der Waals surface area contributed by atoms with Crippen LogP contribution in [0.4, 0.5) is 26.3 Å². The first kappa shape index (κ1) is 21.4. The van der Waals surface area contributed by atoms with Crippen molar-refractivity contribution < 1.29 is 31.1 Å². The van der Waals surface area contributed by atoms with Crippen LogP contribution in [-0.4, -0.2) is 48.2 Å². The summed E-state index contributed by atoms with van der Waals surface area (Å²) in [5.41, 5.74) is 3.55. The predicted molar refractivity (Wildman–Crippen MR) is 89.5 cm³/mol. The van der Waals surface area contributed by atoms with Crippen LogP contribution in [0.5, 0.6) is 0 Å². The molecule has 2 saturated heterocycles. The summed E-state index contributed by atoms with van der Waals surface area (Å²) in [5.74, 6) is -1.94. The molecule has 0 aromatic heterocycles. The van der Waals surface area contributed by atoms with Crippen molar-refractivity contribution in [2.45, 2.75) is 49.2 Å². The molecule has 1 aromatic rings. The second-order valence-electron chi connectivity index (χ2n) is 7.33. The van der Waals surface area contributed by atoms with E-state index >= 15 is 0 Å². The fraction of sp³-hybridized carbons (Fsp3) is 0.556. The topological polar surface area (TPSA) is 82.2 Å². The average Bonchev–Trinajstić information content (AvgIpc) is 3.26. The van der Waals surface area contributed by atoms with E-state index in [1.54, 1.807) is 0 Å². The Kier molecular flexibility index (Phi) is 5.53. The Morgan fingerprint density at radius 3 is 2.45 bits per heavy atom. The zero-order chi connectivity index (χ0) is 21.6. The summed E-state index contributed by atoms with van der Waals surface area (Å²) in [7, 11) is 0. The Bertz CT molecular complexity index is 831. The van der Waals surface area contributed by atoms with Gasteiger partial charge in [-0.25, -0.2) is 0 Å². The standard InChI is InChI=1S/C18H18F6N4O/c19-17(20,21)13-5-9(1-2-10(13)7-25)12-6-14(27-15(12)18(22,23)24)16(29)28-4-3-11(26)8-28/h1-2,5,11-12,14-15,27H,3-4,6,8,26H2/t11-,12?,14+,15-/m1/s1. The van der Waals surface area contributed by atoms with Gasteiger partial charge in [-0.15, -0.1) is 0 Å². The van der Waals surface area contributed by atoms with Crippen LogP contribution < -0.4 is 11.1 Å². The lowest BCUT2D eigenvalue weighted by Crippen LogP contribution is -2.48. The number of likely N-dealkylation sites (tertiary alicyclic amines) is 1. The Hall–Kier alpha value is -2.32. The molecule has 0 aliphatic carbocycles. The molecule has 1 aromatic carbocycles. The summed E-state index contributed by atoms with van der Waals surface area (Å²) < 4.78 is 80.4. The van der Waals surface area contributed by atoms with Gasteiger partial charge in [-0.05, 0) is 30.5 Å². The number of rotatable bonds is 2. The van der Waals surface area contributed by atoms with E-state index in [0.29, 0.717) is 19.0 Å². The number of carbonyl (C=O) groups excluding carboxylic acids is 1. The minimum Gasteiger partial charge on any atom is -0.340 e. The first-order valence-corrected chi connectivity index (χ1v) is 8.90. The zero-order valence-corrected chi connectivity index (χ0v) is 15.0. The number of amides is 1. The molecular formula is C18H18F6N4O. The number of nitrogens with zero attached hydrogens (tertiary/aromatic N) is 2. The Morgan fingerprint density at radius 2 is 1.93 bits per heavy atom. The van der Waals surface area contributed by atoms with Crippen LogP contribution in [0.1, 0.15) is 35.4 Å². The number of alkyl halides is 6. The molecular weight excluding hydrogens is 402 g/mol. The van der Waals surface area contributed by atoms with Crippen molar-refractivity contribution in [3.05, 3.63) is 34.9 Å². The number of hydrogen-bond acceptors (Lipinski definition) is 4. The summed E-state index contributed by atoms with van der Waals surface area (Å²) >= 11 is 0.